The Morgan fingerprint density at radius 3 is 1.60 bits per heavy atom. The fourth-order valence-electron chi connectivity index (χ4n) is 0.515. The molecule has 0 atom stereocenters. The maximum Gasteiger partial charge on any atom is 0.120 e. The van der Waals surface area contributed by atoms with Crippen molar-refractivity contribution in [1.82, 2.24) is 0 Å². The fraction of sp³-hybridized carbons (Fsp3) is 0.889. The van der Waals surface area contributed by atoms with Gasteiger partial charge in [0.1, 0.15) is 6.29 Å². The predicted octanol–water partition coefficient (Wildman–Crippen LogP) is 2.65. The molecule has 0 saturated heterocycles. The van der Waals surface area contributed by atoms with Gasteiger partial charge in [0.25, 0.3) is 0 Å². The Morgan fingerprint density at radius 1 is 1.10 bits per heavy atom. The molecule has 0 fully saturated rings. The molecular weight excluding hydrogens is 124 g/mol. The van der Waals surface area contributed by atoms with Crippen molar-refractivity contribution < 1.29 is 4.79 Å². The first-order valence-corrected chi connectivity index (χ1v) is 3.75. The Kier molecular flexibility index (Phi) is 2.64. The highest BCUT2D eigenvalue weighted by Gasteiger charge is 2.31. The lowest BCUT2D eigenvalue weighted by atomic mass is 9.68. The molecule has 0 N–H and O–H groups in total. The second kappa shape index (κ2) is 2.73. The zero-order chi connectivity index (χ0) is 8.41. The van der Waals surface area contributed by atoms with Crippen LogP contribution in [0.2, 0.25) is 0 Å². The van der Waals surface area contributed by atoms with Crippen molar-refractivity contribution in [2.45, 2.75) is 41.0 Å². The number of aldehydes is 1. The lowest BCUT2D eigenvalue weighted by Crippen LogP contribution is -2.29. The Labute approximate surface area is 63.8 Å². The van der Waals surface area contributed by atoms with E-state index in [1.807, 2.05) is 0 Å². The monoisotopic (exact) mass is 142 g/mol. The summed E-state index contributed by atoms with van der Waals surface area (Å²) in [5.41, 5.74) is 0.336. The van der Waals surface area contributed by atoms with Crippen LogP contribution in [0.15, 0.2) is 0 Å². The van der Waals surface area contributed by atoms with Gasteiger partial charge in [-0.25, -0.2) is 0 Å². The van der Waals surface area contributed by atoms with Gasteiger partial charge in [0.15, 0.2) is 0 Å². The molecule has 0 amide bonds. The van der Waals surface area contributed by atoms with E-state index < -0.39 is 0 Å². The Morgan fingerprint density at radius 2 is 1.50 bits per heavy atom. The van der Waals surface area contributed by atoms with Crippen LogP contribution >= 0.6 is 0 Å². The van der Waals surface area contributed by atoms with Gasteiger partial charge in [-0.3, -0.25) is 0 Å². The molecule has 0 unspecified atom stereocenters. The summed E-state index contributed by atoms with van der Waals surface area (Å²) in [7, 11) is 0. The van der Waals surface area contributed by atoms with Gasteiger partial charge >= 0.3 is 0 Å². The van der Waals surface area contributed by atoms with Crippen LogP contribution in [0.4, 0.5) is 0 Å². The highest BCUT2D eigenvalue weighted by atomic mass is 16.1. The quantitative estimate of drug-likeness (QED) is 0.542. The van der Waals surface area contributed by atoms with Gasteiger partial charge in [0.05, 0.1) is 0 Å². The Hall–Kier alpha value is -0.330. The number of hydrogen-bond donors (Lipinski definition) is 0. The molecule has 1 nitrogen and oxygen atoms in total. The van der Waals surface area contributed by atoms with E-state index in [2.05, 4.69) is 34.6 Å². The normalized spacial score (nSPS) is 13.3. The second-order valence-corrected chi connectivity index (χ2v) is 4.50. The molecule has 60 valence electrons. The van der Waals surface area contributed by atoms with E-state index in [-0.39, 0.29) is 10.8 Å². The van der Waals surface area contributed by atoms with Crippen molar-refractivity contribution in [1.29, 1.82) is 0 Å². The second-order valence-electron chi connectivity index (χ2n) is 4.50. The van der Waals surface area contributed by atoms with E-state index >= 15 is 0 Å². The molecule has 1 heteroatoms. The molecule has 0 bridgehead atoms. The Balaban J connectivity index is 4.23. The van der Waals surface area contributed by atoms with Crippen LogP contribution < -0.4 is 0 Å². The molecular formula is C9H18O. The molecule has 0 radical (unpaired) electrons. The van der Waals surface area contributed by atoms with Gasteiger partial charge in [-0.1, -0.05) is 34.6 Å². The van der Waals surface area contributed by atoms with Crippen LogP contribution in [0.25, 0.3) is 0 Å². The van der Waals surface area contributed by atoms with Crippen molar-refractivity contribution in [3.8, 4) is 0 Å². The van der Waals surface area contributed by atoms with E-state index in [1.165, 1.54) is 0 Å². The number of hydrogen-bond acceptors (Lipinski definition) is 1. The van der Waals surface area contributed by atoms with Gasteiger partial charge in [-0.2, -0.15) is 0 Å². The molecule has 0 spiro atoms. The summed E-state index contributed by atoms with van der Waals surface area (Å²) in [6, 6.07) is 0. The highest BCUT2D eigenvalue weighted by Crippen LogP contribution is 2.39. The molecule has 0 aromatic heterocycles. The minimum atomic E-state index is 0.120. The minimum Gasteiger partial charge on any atom is -0.303 e. The Bertz CT molecular complexity index is 117. The summed E-state index contributed by atoms with van der Waals surface area (Å²) < 4.78 is 0. The molecule has 0 saturated carbocycles. The minimum absolute atomic E-state index is 0.120. The first-order valence-electron chi connectivity index (χ1n) is 3.75. The summed E-state index contributed by atoms with van der Waals surface area (Å²) in [6.45, 7) is 10.7. The van der Waals surface area contributed by atoms with E-state index in [0.717, 1.165) is 6.29 Å². The lowest BCUT2D eigenvalue weighted by Gasteiger charge is -2.37. The molecule has 0 aromatic rings. The van der Waals surface area contributed by atoms with Crippen LogP contribution in [-0.4, -0.2) is 6.29 Å². The summed E-state index contributed by atoms with van der Waals surface area (Å²) in [6.07, 6.45) is 1.65. The van der Waals surface area contributed by atoms with Gasteiger partial charge < -0.3 is 4.79 Å². The number of rotatable bonds is 2. The first-order chi connectivity index (χ1) is 4.31. The maximum absolute atomic E-state index is 10.3. The third kappa shape index (κ3) is 2.13. The van der Waals surface area contributed by atoms with Crippen LogP contribution in [0, 0.1) is 10.8 Å². The third-order valence-electron chi connectivity index (χ3n) is 2.62. The van der Waals surface area contributed by atoms with Crippen LogP contribution in [0.3, 0.4) is 0 Å². The fourth-order valence-corrected chi connectivity index (χ4v) is 0.515. The van der Waals surface area contributed by atoms with Crippen molar-refractivity contribution in [2.24, 2.45) is 10.8 Å². The average Bonchev–Trinajstić information content (AvgIpc) is 1.61. The number of carbonyl (C=O) groups is 1. The lowest BCUT2D eigenvalue weighted by molar-refractivity contribution is -0.110. The van der Waals surface area contributed by atoms with Gasteiger partial charge in [0, 0.05) is 6.42 Å². The standard InChI is InChI=1S/C9H18O/c1-8(2,3)9(4,5)6-7-10/h7H,6H2,1-5H3. The molecule has 0 rings (SSSR count). The largest absolute Gasteiger partial charge is 0.303 e. The van der Waals surface area contributed by atoms with Crippen LogP contribution in [-0.2, 0) is 4.79 Å². The summed E-state index contributed by atoms with van der Waals surface area (Å²) >= 11 is 0. The molecule has 0 aromatic carbocycles. The molecule has 0 aliphatic rings. The number of carbonyl (C=O) groups excluding carboxylic acids is 1. The maximum atomic E-state index is 10.3. The average molecular weight is 142 g/mol. The van der Waals surface area contributed by atoms with E-state index in [1.54, 1.807) is 0 Å². The van der Waals surface area contributed by atoms with Gasteiger partial charge in [0.2, 0.25) is 0 Å². The van der Waals surface area contributed by atoms with Crippen LogP contribution in [0.5, 0.6) is 0 Å². The highest BCUT2D eigenvalue weighted by molar-refractivity contribution is 5.50. The summed E-state index contributed by atoms with van der Waals surface area (Å²) in [5, 5.41) is 0. The smallest absolute Gasteiger partial charge is 0.120 e. The molecule has 0 aliphatic heterocycles. The summed E-state index contributed by atoms with van der Waals surface area (Å²) in [4.78, 5) is 10.3. The summed E-state index contributed by atoms with van der Waals surface area (Å²) in [5.74, 6) is 0. The first kappa shape index (κ1) is 9.67. The van der Waals surface area contributed by atoms with E-state index in [9.17, 15) is 4.79 Å². The third-order valence-corrected chi connectivity index (χ3v) is 2.62. The van der Waals surface area contributed by atoms with E-state index in [4.69, 9.17) is 0 Å². The SMILES string of the molecule is CC(C)(C)C(C)(C)CC=O. The zero-order valence-corrected chi connectivity index (χ0v) is 7.69. The van der Waals surface area contributed by atoms with Gasteiger partial charge in [-0.05, 0) is 10.8 Å². The van der Waals surface area contributed by atoms with Crippen molar-refractivity contribution in [3.05, 3.63) is 0 Å². The van der Waals surface area contributed by atoms with E-state index in [0.29, 0.717) is 6.42 Å². The van der Waals surface area contributed by atoms with Crippen molar-refractivity contribution >= 4 is 6.29 Å². The van der Waals surface area contributed by atoms with Crippen molar-refractivity contribution in [2.75, 3.05) is 0 Å². The topological polar surface area (TPSA) is 17.1 Å². The van der Waals surface area contributed by atoms with Gasteiger partial charge in [-0.15, -0.1) is 0 Å². The zero-order valence-electron chi connectivity index (χ0n) is 7.69. The molecule has 0 aliphatic carbocycles. The predicted molar refractivity (Wildman–Crippen MR) is 43.9 cm³/mol. The molecule has 10 heavy (non-hydrogen) atoms. The van der Waals surface area contributed by atoms with Crippen molar-refractivity contribution in [3.63, 3.8) is 0 Å². The van der Waals surface area contributed by atoms with Crippen LogP contribution in [0.1, 0.15) is 41.0 Å². The molecule has 0 heterocycles.